The van der Waals surface area contributed by atoms with Gasteiger partial charge >= 0.3 is 0 Å². The lowest BCUT2D eigenvalue weighted by molar-refractivity contribution is 0.332. The van der Waals surface area contributed by atoms with Crippen molar-refractivity contribution in [2.75, 3.05) is 6.54 Å². The van der Waals surface area contributed by atoms with Crippen LogP contribution in [0.1, 0.15) is 40.5 Å². The first kappa shape index (κ1) is 11.5. The van der Waals surface area contributed by atoms with Crippen LogP contribution < -0.4 is 5.32 Å². The highest BCUT2D eigenvalue weighted by molar-refractivity contribution is 4.90. The van der Waals surface area contributed by atoms with Crippen molar-refractivity contribution in [1.29, 1.82) is 0 Å². The zero-order valence-electron chi connectivity index (χ0n) is 8.78. The van der Waals surface area contributed by atoms with Gasteiger partial charge in [0.15, 0.2) is 0 Å². The average molecular weight is 167 g/mol. The van der Waals surface area contributed by atoms with Crippen LogP contribution in [0.2, 0.25) is 0 Å². The molecule has 12 heavy (non-hydrogen) atoms. The summed E-state index contributed by atoms with van der Waals surface area (Å²) in [6.07, 6.45) is 7.29. The van der Waals surface area contributed by atoms with E-state index in [4.69, 9.17) is 6.42 Å². The van der Waals surface area contributed by atoms with Gasteiger partial charge in [-0.15, -0.1) is 12.3 Å². The van der Waals surface area contributed by atoms with E-state index in [-0.39, 0.29) is 5.41 Å². The van der Waals surface area contributed by atoms with E-state index in [0.29, 0.717) is 6.04 Å². The molecule has 0 unspecified atom stereocenters. The van der Waals surface area contributed by atoms with E-state index < -0.39 is 0 Å². The predicted octanol–water partition coefficient (Wildman–Crippen LogP) is 2.42. The Balaban J connectivity index is 3.55. The van der Waals surface area contributed by atoms with Crippen molar-refractivity contribution in [3.05, 3.63) is 0 Å². The van der Waals surface area contributed by atoms with Gasteiger partial charge in [0.2, 0.25) is 0 Å². The van der Waals surface area contributed by atoms with Crippen molar-refractivity contribution >= 4 is 0 Å². The molecule has 0 atom stereocenters. The lowest BCUT2D eigenvalue weighted by Gasteiger charge is -2.22. The van der Waals surface area contributed by atoms with Gasteiger partial charge in [0.1, 0.15) is 0 Å². The topological polar surface area (TPSA) is 12.0 Å². The summed E-state index contributed by atoms with van der Waals surface area (Å²) in [5.41, 5.74) is 0.288. The second-order valence-electron chi connectivity index (χ2n) is 4.40. The average Bonchev–Trinajstić information content (AvgIpc) is 1.85. The van der Waals surface area contributed by atoms with E-state index in [1.165, 1.54) is 0 Å². The second-order valence-corrected chi connectivity index (χ2v) is 4.40. The smallest absolute Gasteiger partial charge is 0.0138 e. The van der Waals surface area contributed by atoms with Crippen LogP contribution in [0.4, 0.5) is 0 Å². The highest BCUT2D eigenvalue weighted by atomic mass is 14.9. The summed E-state index contributed by atoms with van der Waals surface area (Å²) in [5.74, 6) is 2.72. The Morgan fingerprint density at radius 2 is 2.00 bits per heavy atom. The molecule has 1 heteroatoms. The monoisotopic (exact) mass is 167 g/mol. The van der Waals surface area contributed by atoms with Crippen LogP contribution in [0.15, 0.2) is 0 Å². The Labute approximate surface area is 76.9 Å². The van der Waals surface area contributed by atoms with Crippen molar-refractivity contribution in [2.45, 2.75) is 46.6 Å². The molecular formula is C11H21N. The number of terminal acetylenes is 1. The first-order chi connectivity index (χ1) is 5.48. The number of nitrogens with one attached hydrogen (secondary N) is 1. The van der Waals surface area contributed by atoms with Crippen LogP contribution in [0.3, 0.4) is 0 Å². The lowest BCUT2D eigenvalue weighted by atomic mass is 9.86. The molecule has 0 aliphatic carbocycles. The highest BCUT2D eigenvalue weighted by Crippen LogP contribution is 2.23. The van der Waals surface area contributed by atoms with Gasteiger partial charge in [-0.2, -0.15) is 0 Å². The number of rotatable bonds is 5. The normalized spacial score (nSPS) is 11.7. The van der Waals surface area contributed by atoms with E-state index in [9.17, 15) is 0 Å². The molecule has 0 saturated carbocycles. The van der Waals surface area contributed by atoms with E-state index in [1.807, 2.05) is 0 Å². The molecule has 0 saturated heterocycles. The van der Waals surface area contributed by atoms with Crippen molar-refractivity contribution in [1.82, 2.24) is 5.32 Å². The number of hydrogen-bond donors (Lipinski definition) is 1. The Bertz CT molecular complexity index is 151. The van der Waals surface area contributed by atoms with Gasteiger partial charge in [0.25, 0.3) is 0 Å². The first-order valence-corrected chi connectivity index (χ1v) is 4.65. The maximum absolute atomic E-state index is 5.28. The summed E-state index contributed by atoms with van der Waals surface area (Å²) in [4.78, 5) is 0. The summed E-state index contributed by atoms with van der Waals surface area (Å²) in [6, 6.07) is 0.576. The largest absolute Gasteiger partial charge is 0.315 e. The Morgan fingerprint density at radius 1 is 1.42 bits per heavy atom. The minimum absolute atomic E-state index is 0.288. The standard InChI is InChI=1S/C11H21N/c1-6-7-11(4,5)8-9-12-10(2)3/h1,10,12H,7-9H2,2-5H3. The fourth-order valence-electron chi connectivity index (χ4n) is 1.06. The van der Waals surface area contributed by atoms with Gasteiger partial charge in [-0.25, -0.2) is 0 Å². The van der Waals surface area contributed by atoms with Crippen LogP contribution >= 0.6 is 0 Å². The van der Waals surface area contributed by atoms with E-state index >= 15 is 0 Å². The van der Waals surface area contributed by atoms with Crippen molar-refractivity contribution < 1.29 is 0 Å². The fraction of sp³-hybridized carbons (Fsp3) is 0.818. The summed E-state index contributed by atoms with van der Waals surface area (Å²) in [5, 5.41) is 3.39. The summed E-state index contributed by atoms with van der Waals surface area (Å²) in [7, 11) is 0. The quantitative estimate of drug-likeness (QED) is 0.620. The van der Waals surface area contributed by atoms with Gasteiger partial charge in [0, 0.05) is 12.5 Å². The van der Waals surface area contributed by atoms with E-state index in [0.717, 1.165) is 19.4 Å². The Hall–Kier alpha value is -0.480. The molecule has 0 aromatic carbocycles. The predicted molar refractivity (Wildman–Crippen MR) is 55.0 cm³/mol. The van der Waals surface area contributed by atoms with Gasteiger partial charge in [-0.05, 0) is 18.4 Å². The molecule has 0 aromatic heterocycles. The summed E-state index contributed by atoms with van der Waals surface area (Å²) in [6.45, 7) is 9.82. The molecule has 0 aliphatic heterocycles. The second kappa shape index (κ2) is 5.22. The van der Waals surface area contributed by atoms with Crippen LogP contribution in [-0.4, -0.2) is 12.6 Å². The van der Waals surface area contributed by atoms with Gasteiger partial charge < -0.3 is 5.32 Å². The van der Waals surface area contributed by atoms with Gasteiger partial charge in [0.05, 0.1) is 0 Å². The molecule has 0 heterocycles. The van der Waals surface area contributed by atoms with Crippen LogP contribution in [-0.2, 0) is 0 Å². The molecule has 0 radical (unpaired) electrons. The van der Waals surface area contributed by atoms with Gasteiger partial charge in [-0.1, -0.05) is 27.7 Å². The van der Waals surface area contributed by atoms with Crippen LogP contribution in [0.5, 0.6) is 0 Å². The molecule has 0 rings (SSSR count). The van der Waals surface area contributed by atoms with Crippen molar-refractivity contribution in [2.24, 2.45) is 5.41 Å². The molecular weight excluding hydrogens is 146 g/mol. The first-order valence-electron chi connectivity index (χ1n) is 4.65. The van der Waals surface area contributed by atoms with Crippen LogP contribution in [0.25, 0.3) is 0 Å². The van der Waals surface area contributed by atoms with Crippen LogP contribution in [0, 0.1) is 17.8 Å². The fourth-order valence-corrected chi connectivity index (χ4v) is 1.06. The molecule has 1 N–H and O–H groups in total. The van der Waals surface area contributed by atoms with Gasteiger partial charge in [-0.3, -0.25) is 0 Å². The number of hydrogen-bond acceptors (Lipinski definition) is 1. The molecule has 0 spiro atoms. The molecule has 0 aromatic rings. The third-order valence-corrected chi connectivity index (χ3v) is 1.93. The molecule has 70 valence electrons. The summed E-state index contributed by atoms with van der Waals surface area (Å²) < 4.78 is 0. The zero-order valence-corrected chi connectivity index (χ0v) is 8.78. The van der Waals surface area contributed by atoms with Crippen molar-refractivity contribution in [3.8, 4) is 12.3 Å². The maximum Gasteiger partial charge on any atom is 0.0138 e. The zero-order chi connectivity index (χ0) is 9.61. The minimum atomic E-state index is 0.288. The van der Waals surface area contributed by atoms with E-state index in [1.54, 1.807) is 0 Å². The third-order valence-electron chi connectivity index (χ3n) is 1.93. The Kier molecular flexibility index (Phi) is 5.01. The van der Waals surface area contributed by atoms with E-state index in [2.05, 4.69) is 38.9 Å². The molecule has 0 aliphatic rings. The third kappa shape index (κ3) is 6.24. The molecule has 0 bridgehead atoms. The molecule has 0 amide bonds. The summed E-state index contributed by atoms with van der Waals surface area (Å²) >= 11 is 0. The maximum atomic E-state index is 5.28. The minimum Gasteiger partial charge on any atom is -0.315 e. The Morgan fingerprint density at radius 3 is 2.42 bits per heavy atom. The SMILES string of the molecule is C#CCC(C)(C)CCNC(C)C. The van der Waals surface area contributed by atoms with Crippen molar-refractivity contribution in [3.63, 3.8) is 0 Å². The highest BCUT2D eigenvalue weighted by Gasteiger charge is 2.15. The lowest BCUT2D eigenvalue weighted by Crippen LogP contribution is -2.27. The molecule has 0 fully saturated rings. The molecule has 1 nitrogen and oxygen atoms in total.